The lowest BCUT2D eigenvalue weighted by atomic mass is 10.2. The number of benzene rings is 1. The van der Waals surface area contributed by atoms with Crippen LogP contribution in [0.25, 0.3) is 0 Å². The summed E-state index contributed by atoms with van der Waals surface area (Å²) in [5, 5.41) is 0.468. The topological polar surface area (TPSA) is 3.24 Å². The Morgan fingerprint density at radius 1 is 1.29 bits per heavy atom. The average molecular weight is 212 g/mol. The van der Waals surface area contributed by atoms with Gasteiger partial charge >= 0.3 is 0 Å². The summed E-state index contributed by atoms with van der Waals surface area (Å²) < 4.78 is 13.5. The lowest BCUT2D eigenvalue weighted by molar-refractivity contribution is 0.619. The van der Waals surface area contributed by atoms with Crippen LogP contribution in [0, 0.1) is 17.7 Å². The minimum atomic E-state index is -0.196. The molecule has 2 fully saturated rings. The fraction of sp³-hybridized carbons (Fsp3) is 0.455. The lowest BCUT2D eigenvalue weighted by Gasteiger charge is -2.20. The zero-order valence-electron chi connectivity index (χ0n) is 7.71. The van der Waals surface area contributed by atoms with Gasteiger partial charge in [-0.1, -0.05) is 11.6 Å². The fourth-order valence-electron chi connectivity index (χ4n) is 2.33. The van der Waals surface area contributed by atoms with Crippen molar-refractivity contribution in [2.24, 2.45) is 11.8 Å². The quantitative estimate of drug-likeness (QED) is 0.691. The molecular formula is C11H11ClFN. The van der Waals surface area contributed by atoms with Gasteiger partial charge in [0.2, 0.25) is 0 Å². The molecule has 1 nitrogen and oxygen atoms in total. The number of hydrogen-bond acceptors (Lipinski definition) is 1. The van der Waals surface area contributed by atoms with E-state index in [0.29, 0.717) is 10.7 Å². The molecule has 0 radical (unpaired) electrons. The van der Waals surface area contributed by atoms with Crippen molar-refractivity contribution in [3.8, 4) is 0 Å². The van der Waals surface area contributed by atoms with Gasteiger partial charge in [0.15, 0.2) is 0 Å². The van der Waals surface area contributed by atoms with Crippen molar-refractivity contribution in [3.63, 3.8) is 0 Å². The molecule has 1 aromatic carbocycles. The number of hydrogen-bond donors (Lipinski definition) is 0. The minimum Gasteiger partial charge on any atom is -0.369 e. The van der Waals surface area contributed by atoms with Crippen molar-refractivity contribution in [3.05, 3.63) is 29.0 Å². The molecule has 1 saturated carbocycles. The second-order valence-corrected chi connectivity index (χ2v) is 4.69. The third-order valence-corrected chi connectivity index (χ3v) is 3.46. The van der Waals surface area contributed by atoms with Crippen molar-refractivity contribution in [2.45, 2.75) is 6.42 Å². The van der Waals surface area contributed by atoms with Crippen LogP contribution in [0.1, 0.15) is 6.42 Å². The summed E-state index contributed by atoms with van der Waals surface area (Å²) in [6.07, 6.45) is 1.34. The summed E-state index contributed by atoms with van der Waals surface area (Å²) in [7, 11) is 0. The normalized spacial score (nSPS) is 29.1. The van der Waals surface area contributed by atoms with E-state index in [-0.39, 0.29) is 5.82 Å². The summed E-state index contributed by atoms with van der Waals surface area (Å²) in [4.78, 5) is 2.13. The van der Waals surface area contributed by atoms with Crippen LogP contribution in [-0.2, 0) is 0 Å². The maximum Gasteiger partial charge on any atom is 0.147 e. The first kappa shape index (κ1) is 8.54. The predicted octanol–water partition coefficient (Wildman–Crippen LogP) is 2.94. The molecule has 74 valence electrons. The van der Waals surface area contributed by atoms with Crippen LogP contribution >= 0.6 is 11.6 Å². The molecule has 1 saturated heterocycles. The molecule has 14 heavy (non-hydrogen) atoms. The van der Waals surface area contributed by atoms with Crippen LogP contribution < -0.4 is 4.90 Å². The first-order valence-corrected chi connectivity index (χ1v) is 5.32. The van der Waals surface area contributed by atoms with Gasteiger partial charge < -0.3 is 4.90 Å². The number of halogens is 2. The molecule has 1 heterocycles. The predicted molar refractivity (Wildman–Crippen MR) is 55.2 cm³/mol. The van der Waals surface area contributed by atoms with Crippen molar-refractivity contribution < 1.29 is 4.39 Å². The van der Waals surface area contributed by atoms with Crippen molar-refractivity contribution in [1.29, 1.82) is 0 Å². The molecule has 0 amide bonds. The number of piperidine rings is 1. The fourth-order valence-corrected chi connectivity index (χ4v) is 2.49. The van der Waals surface area contributed by atoms with Crippen molar-refractivity contribution in [2.75, 3.05) is 18.0 Å². The van der Waals surface area contributed by atoms with Crippen molar-refractivity contribution in [1.82, 2.24) is 0 Å². The molecule has 1 aromatic rings. The minimum absolute atomic E-state index is 0.196. The first-order valence-electron chi connectivity index (χ1n) is 4.94. The molecule has 2 unspecified atom stereocenters. The summed E-state index contributed by atoms with van der Waals surface area (Å²) in [6, 6.07) is 4.92. The van der Waals surface area contributed by atoms with E-state index in [2.05, 4.69) is 4.90 Å². The molecule has 0 bridgehead atoms. The van der Waals surface area contributed by atoms with E-state index >= 15 is 0 Å². The van der Waals surface area contributed by atoms with Gasteiger partial charge in [-0.15, -0.1) is 0 Å². The van der Waals surface area contributed by atoms with Crippen LogP contribution in [0.2, 0.25) is 5.02 Å². The Kier molecular flexibility index (Phi) is 1.75. The molecular weight excluding hydrogens is 201 g/mol. The average Bonchev–Trinajstić information content (AvgIpc) is 2.74. The van der Waals surface area contributed by atoms with E-state index in [9.17, 15) is 4.39 Å². The van der Waals surface area contributed by atoms with Crippen LogP contribution in [0.4, 0.5) is 10.1 Å². The van der Waals surface area contributed by atoms with Crippen molar-refractivity contribution >= 4 is 17.3 Å². The zero-order chi connectivity index (χ0) is 9.71. The van der Waals surface area contributed by atoms with Crippen LogP contribution in [0.15, 0.2) is 18.2 Å². The summed E-state index contributed by atoms with van der Waals surface area (Å²) in [5.74, 6) is 1.45. The Hall–Kier alpha value is -0.760. The molecule has 1 aliphatic carbocycles. The Morgan fingerprint density at radius 2 is 2.00 bits per heavy atom. The van der Waals surface area contributed by atoms with Gasteiger partial charge in [-0.05, 0) is 36.5 Å². The van der Waals surface area contributed by atoms with Crippen LogP contribution in [0.3, 0.4) is 0 Å². The second-order valence-electron chi connectivity index (χ2n) is 4.26. The van der Waals surface area contributed by atoms with Gasteiger partial charge in [0.25, 0.3) is 0 Å². The largest absolute Gasteiger partial charge is 0.369 e. The molecule has 1 aliphatic heterocycles. The summed E-state index contributed by atoms with van der Waals surface area (Å²) in [5.41, 5.74) is 0.710. The van der Waals surface area contributed by atoms with Crippen LogP contribution in [0.5, 0.6) is 0 Å². The lowest BCUT2D eigenvalue weighted by Crippen LogP contribution is -2.22. The smallest absolute Gasteiger partial charge is 0.147 e. The first-order chi connectivity index (χ1) is 6.74. The van der Waals surface area contributed by atoms with E-state index in [0.717, 1.165) is 24.9 Å². The van der Waals surface area contributed by atoms with Gasteiger partial charge in [-0.25, -0.2) is 4.39 Å². The molecule has 2 atom stereocenters. The standard InChI is InChI=1S/C11H11ClFN/c12-9-1-2-11(10(13)4-9)14-5-7-3-8(7)6-14/h1-2,4,7-8H,3,5-6H2. The summed E-state index contributed by atoms with van der Waals surface area (Å²) >= 11 is 5.70. The monoisotopic (exact) mass is 211 g/mol. The van der Waals surface area contributed by atoms with Crippen LogP contribution in [-0.4, -0.2) is 13.1 Å². The van der Waals surface area contributed by atoms with Gasteiger partial charge in [0, 0.05) is 18.1 Å². The SMILES string of the molecule is Fc1cc(Cl)ccc1N1CC2CC2C1. The van der Waals surface area contributed by atoms with Gasteiger partial charge in [0.05, 0.1) is 5.69 Å². The number of fused-ring (bicyclic) bond motifs is 1. The third kappa shape index (κ3) is 1.29. The second kappa shape index (κ2) is 2.86. The highest BCUT2D eigenvalue weighted by Crippen LogP contribution is 2.46. The highest BCUT2D eigenvalue weighted by atomic mass is 35.5. The van der Waals surface area contributed by atoms with E-state index in [1.165, 1.54) is 12.5 Å². The summed E-state index contributed by atoms with van der Waals surface area (Å²) in [6.45, 7) is 2.03. The Balaban J connectivity index is 1.88. The maximum atomic E-state index is 13.5. The van der Waals surface area contributed by atoms with E-state index in [4.69, 9.17) is 11.6 Å². The zero-order valence-corrected chi connectivity index (χ0v) is 8.47. The number of rotatable bonds is 1. The molecule has 0 N–H and O–H groups in total. The van der Waals surface area contributed by atoms with E-state index in [1.54, 1.807) is 12.1 Å². The molecule has 2 aliphatic rings. The molecule has 3 rings (SSSR count). The Morgan fingerprint density at radius 3 is 2.64 bits per heavy atom. The van der Waals surface area contributed by atoms with E-state index < -0.39 is 0 Å². The molecule has 3 heteroatoms. The van der Waals surface area contributed by atoms with Gasteiger partial charge in [-0.2, -0.15) is 0 Å². The maximum absolute atomic E-state index is 13.5. The highest BCUT2D eigenvalue weighted by molar-refractivity contribution is 6.30. The molecule has 0 spiro atoms. The van der Waals surface area contributed by atoms with E-state index in [1.807, 2.05) is 0 Å². The Bertz CT molecular complexity index is 370. The Labute approximate surface area is 87.5 Å². The van der Waals surface area contributed by atoms with Gasteiger partial charge in [0.1, 0.15) is 5.82 Å². The third-order valence-electron chi connectivity index (χ3n) is 3.23. The molecule has 0 aromatic heterocycles. The van der Waals surface area contributed by atoms with Gasteiger partial charge in [-0.3, -0.25) is 0 Å². The number of anilines is 1. The highest BCUT2D eigenvalue weighted by Gasteiger charge is 2.45. The number of nitrogens with zero attached hydrogens (tertiary/aromatic N) is 1.